The summed E-state index contributed by atoms with van der Waals surface area (Å²) in [5.41, 5.74) is 2.49. The number of halogens is 2. The molecule has 0 atom stereocenters. The predicted molar refractivity (Wildman–Crippen MR) is 109 cm³/mol. The molecule has 4 nitrogen and oxygen atoms in total. The second-order valence-corrected chi connectivity index (χ2v) is 8.68. The van der Waals surface area contributed by atoms with Gasteiger partial charge in [-0.2, -0.15) is 0 Å². The molecule has 0 heterocycles. The summed E-state index contributed by atoms with van der Waals surface area (Å²) >= 11 is 12.2. The van der Waals surface area contributed by atoms with Gasteiger partial charge in [0.1, 0.15) is 0 Å². The topological polar surface area (TPSA) is 60.4 Å². The van der Waals surface area contributed by atoms with Crippen molar-refractivity contribution >= 4 is 44.6 Å². The fraction of sp³-hybridized carbons (Fsp3) is 0.250. The van der Waals surface area contributed by atoms with Crippen molar-refractivity contribution in [1.29, 1.82) is 0 Å². The summed E-state index contributed by atoms with van der Waals surface area (Å²) in [5, 5.41) is 0.764. The number of hydrogen-bond acceptors (Lipinski definition) is 4. The van der Waals surface area contributed by atoms with Crippen LogP contribution in [-0.2, 0) is 19.4 Å². The van der Waals surface area contributed by atoms with Crippen LogP contribution in [0.2, 0.25) is 10.0 Å². The molecule has 0 aliphatic carbocycles. The minimum Gasteiger partial charge on any atom is -0.463 e. The summed E-state index contributed by atoms with van der Waals surface area (Å²) < 4.78 is 28.7. The average molecular weight is 427 g/mol. The molecule has 0 aliphatic heterocycles. The van der Waals surface area contributed by atoms with Crippen LogP contribution in [0.4, 0.5) is 0 Å². The zero-order valence-electron chi connectivity index (χ0n) is 15.3. The summed E-state index contributed by atoms with van der Waals surface area (Å²) in [5.74, 6) is -0.423. The maximum absolute atomic E-state index is 12.5. The maximum atomic E-state index is 12.5. The Morgan fingerprint density at radius 1 is 0.963 bits per heavy atom. The van der Waals surface area contributed by atoms with Crippen LogP contribution in [0.15, 0.2) is 52.9 Å². The minimum atomic E-state index is -3.32. The highest BCUT2D eigenvalue weighted by molar-refractivity contribution is 7.90. The molecule has 0 spiro atoms. The van der Waals surface area contributed by atoms with Gasteiger partial charge < -0.3 is 4.74 Å². The molecule has 7 heteroatoms. The summed E-state index contributed by atoms with van der Waals surface area (Å²) in [6.07, 6.45) is 1.58. The van der Waals surface area contributed by atoms with Crippen LogP contribution in [0.5, 0.6) is 0 Å². The Bertz CT molecular complexity index is 978. The van der Waals surface area contributed by atoms with Gasteiger partial charge in [0.25, 0.3) is 0 Å². The molecule has 2 rings (SSSR count). The number of hydrogen-bond donors (Lipinski definition) is 0. The number of ether oxygens (including phenoxy) is 1. The van der Waals surface area contributed by atoms with Crippen molar-refractivity contribution in [3.63, 3.8) is 0 Å². The molecule has 0 bridgehead atoms. The van der Waals surface area contributed by atoms with E-state index < -0.39 is 15.8 Å². The minimum absolute atomic E-state index is 0.203. The lowest BCUT2D eigenvalue weighted by atomic mass is 9.92. The average Bonchev–Trinajstić information content (AvgIpc) is 2.61. The number of sulfone groups is 1. The van der Waals surface area contributed by atoms with Crippen LogP contribution in [0.3, 0.4) is 0 Å². The standard InChI is InChI=1S/C20H20Cl2O4S/c1-4-16(20(23)26-5-2)19(14-8-11-17(21)18(22)12-14)13-6-9-15(10-7-13)27(3,24)25/h6-12H,4-5H2,1-3H3. The molecule has 2 aromatic carbocycles. The van der Waals surface area contributed by atoms with Gasteiger partial charge in [0.15, 0.2) is 9.84 Å². The molecular weight excluding hydrogens is 407 g/mol. The predicted octanol–water partition coefficient (Wildman–Crippen LogP) is 5.17. The molecule has 0 saturated heterocycles. The highest BCUT2D eigenvalue weighted by Crippen LogP contribution is 2.33. The molecule has 0 N–H and O–H groups in total. The van der Waals surface area contributed by atoms with E-state index in [4.69, 9.17) is 27.9 Å². The smallest absolute Gasteiger partial charge is 0.334 e. The molecule has 0 fully saturated rings. The Balaban J connectivity index is 2.72. The third-order valence-corrected chi connectivity index (χ3v) is 5.82. The molecule has 0 radical (unpaired) electrons. The largest absolute Gasteiger partial charge is 0.463 e. The van der Waals surface area contributed by atoms with E-state index in [0.29, 0.717) is 38.7 Å². The van der Waals surface area contributed by atoms with Gasteiger partial charge in [-0.25, -0.2) is 13.2 Å². The van der Waals surface area contributed by atoms with Crippen LogP contribution >= 0.6 is 23.2 Å². The molecule has 0 unspecified atom stereocenters. The number of rotatable bonds is 6. The zero-order chi connectivity index (χ0) is 20.2. The van der Waals surface area contributed by atoms with Gasteiger partial charge in [0.05, 0.1) is 21.5 Å². The Morgan fingerprint density at radius 3 is 2.04 bits per heavy atom. The Kier molecular flexibility index (Phi) is 7.09. The van der Waals surface area contributed by atoms with Gasteiger partial charge in [-0.05, 0) is 54.3 Å². The second-order valence-electron chi connectivity index (χ2n) is 5.85. The maximum Gasteiger partial charge on any atom is 0.334 e. The molecule has 0 aliphatic rings. The van der Waals surface area contributed by atoms with E-state index in [1.165, 1.54) is 12.1 Å². The van der Waals surface area contributed by atoms with Gasteiger partial charge in [0, 0.05) is 11.8 Å². The number of esters is 1. The van der Waals surface area contributed by atoms with E-state index in [2.05, 4.69) is 0 Å². The first-order chi connectivity index (χ1) is 12.7. The highest BCUT2D eigenvalue weighted by atomic mass is 35.5. The van der Waals surface area contributed by atoms with E-state index >= 15 is 0 Å². The molecule has 2 aromatic rings. The first kappa shape index (κ1) is 21.5. The highest BCUT2D eigenvalue weighted by Gasteiger charge is 2.19. The Morgan fingerprint density at radius 2 is 1.56 bits per heavy atom. The zero-order valence-corrected chi connectivity index (χ0v) is 17.6. The summed E-state index contributed by atoms with van der Waals surface area (Å²) in [7, 11) is -3.32. The van der Waals surface area contributed by atoms with Crippen LogP contribution in [-0.4, -0.2) is 27.2 Å². The lowest BCUT2D eigenvalue weighted by Gasteiger charge is -2.15. The normalized spacial score (nSPS) is 12.5. The monoisotopic (exact) mass is 426 g/mol. The van der Waals surface area contributed by atoms with Crippen molar-refractivity contribution in [2.24, 2.45) is 0 Å². The molecular formula is C20H20Cl2O4S. The third-order valence-electron chi connectivity index (χ3n) is 3.96. The van der Waals surface area contributed by atoms with E-state index in [0.717, 1.165) is 6.26 Å². The quantitative estimate of drug-likeness (QED) is 0.471. The first-order valence-corrected chi connectivity index (χ1v) is 11.0. The van der Waals surface area contributed by atoms with Crippen LogP contribution in [0, 0.1) is 0 Å². The fourth-order valence-electron chi connectivity index (χ4n) is 2.68. The summed E-state index contributed by atoms with van der Waals surface area (Å²) in [6.45, 7) is 3.85. The lowest BCUT2D eigenvalue weighted by Crippen LogP contribution is -2.10. The lowest BCUT2D eigenvalue weighted by molar-refractivity contribution is -0.138. The summed E-state index contributed by atoms with van der Waals surface area (Å²) in [4.78, 5) is 12.7. The molecule has 0 aromatic heterocycles. The van der Waals surface area contributed by atoms with Crippen molar-refractivity contribution in [3.8, 4) is 0 Å². The number of carbonyl (C=O) groups excluding carboxylic acids is 1. The number of benzene rings is 2. The van der Waals surface area contributed by atoms with E-state index in [9.17, 15) is 13.2 Å². The van der Waals surface area contributed by atoms with E-state index in [1.807, 2.05) is 6.92 Å². The molecule has 0 amide bonds. The van der Waals surface area contributed by atoms with Crippen LogP contribution in [0.25, 0.3) is 5.57 Å². The Labute approximate surface area is 169 Å². The van der Waals surface area contributed by atoms with Gasteiger partial charge in [0.2, 0.25) is 0 Å². The van der Waals surface area contributed by atoms with Crippen molar-refractivity contribution < 1.29 is 17.9 Å². The summed E-state index contributed by atoms with van der Waals surface area (Å²) in [6, 6.07) is 11.5. The van der Waals surface area contributed by atoms with Crippen molar-refractivity contribution in [1.82, 2.24) is 0 Å². The van der Waals surface area contributed by atoms with Gasteiger partial charge >= 0.3 is 5.97 Å². The molecule has 27 heavy (non-hydrogen) atoms. The second kappa shape index (κ2) is 8.91. The van der Waals surface area contributed by atoms with Crippen LogP contribution in [0.1, 0.15) is 31.4 Å². The molecule has 144 valence electrons. The SMILES string of the molecule is CCOC(=O)C(CC)=C(c1ccc(S(C)(=O)=O)cc1)c1ccc(Cl)c(Cl)c1. The van der Waals surface area contributed by atoms with Crippen molar-refractivity contribution in [2.45, 2.75) is 25.2 Å². The van der Waals surface area contributed by atoms with Gasteiger partial charge in [-0.1, -0.05) is 48.3 Å². The van der Waals surface area contributed by atoms with Crippen LogP contribution < -0.4 is 0 Å². The third kappa shape index (κ3) is 5.12. The Hall–Kier alpha value is -1.82. The van der Waals surface area contributed by atoms with Gasteiger partial charge in [-0.15, -0.1) is 0 Å². The number of carbonyl (C=O) groups is 1. The van der Waals surface area contributed by atoms with Crippen molar-refractivity contribution in [2.75, 3.05) is 12.9 Å². The van der Waals surface area contributed by atoms with E-state index in [-0.39, 0.29) is 11.5 Å². The molecule has 0 saturated carbocycles. The van der Waals surface area contributed by atoms with Crippen molar-refractivity contribution in [3.05, 3.63) is 69.2 Å². The first-order valence-electron chi connectivity index (χ1n) is 8.35. The fourth-order valence-corrected chi connectivity index (χ4v) is 3.61. The van der Waals surface area contributed by atoms with Gasteiger partial charge in [-0.3, -0.25) is 0 Å². The van der Waals surface area contributed by atoms with E-state index in [1.54, 1.807) is 37.3 Å².